The van der Waals surface area contributed by atoms with Crippen molar-refractivity contribution in [3.63, 3.8) is 0 Å². The lowest BCUT2D eigenvalue weighted by Crippen LogP contribution is -1.97. The molecule has 0 saturated heterocycles. The molecule has 0 radical (unpaired) electrons. The Kier molecular flexibility index (Phi) is 4.26. The van der Waals surface area contributed by atoms with E-state index in [0.29, 0.717) is 17.0 Å². The van der Waals surface area contributed by atoms with Crippen LogP contribution in [0, 0.1) is 12.7 Å². The zero-order chi connectivity index (χ0) is 13.1. The van der Waals surface area contributed by atoms with Crippen molar-refractivity contribution in [3.8, 4) is 0 Å². The van der Waals surface area contributed by atoms with Crippen LogP contribution >= 0.6 is 23.2 Å². The van der Waals surface area contributed by atoms with E-state index in [2.05, 4.69) is 0 Å². The summed E-state index contributed by atoms with van der Waals surface area (Å²) in [7, 11) is 0. The third kappa shape index (κ3) is 3.24. The molecule has 1 unspecified atom stereocenters. The van der Waals surface area contributed by atoms with Crippen LogP contribution in [0.25, 0.3) is 0 Å². The molecule has 0 spiro atoms. The molecular formula is C15H13Cl2F. The average Bonchev–Trinajstić information content (AvgIpc) is 2.35. The summed E-state index contributed by atoms with van der Waals surface area (Å²) in [6.07, 6.45) is 0.698. The number of rotatable bonds is 3. The summed E-state index contributed by atoms with van der Waals surface area (Å²) in [4.78, 5) is 0. The third-order valence-corrected chi connectivity index (χ3v) is 3.53. The van der Waals surface area contributed by atoms with Crippen molar-refractivity contribution < 1.29 is 4.39 Å². The van der Waals surface area contributed by atoms with Gasteiger partial charge in [0.2, 0.25) is 0 Å². The molecular weight excluding hydrogens is 270 g/mol. The van der Waals surface area contributed by atoms with Gasteiger partial charge in [0.15, 0.2) is 0 Å². The Morgan fingerprint density at radius 2 is 1.78 bits per heavy atom. The molecule has 0 aliphatic heterocycles. The quantitative estimate of drug-likeness (QED) is 0.669. The lowest BCUT2D eigenvalue weighted by Gasteiger charge is -2.11. The summed E-state index contributed by atoms with van der Waals surface area (Å²) in [6.45, 7) is 1.74. The molecule has 0 aliphatic rings. The fourth-order valence-corrected chi connectivity index (χ4v) is 2.25. The van der Waals surface area contributed by atoms with E-state index in [9.17, 15) is 4.39 Å². The molecule has 2 rings (SSSR count). The minimum absolute atomic E-state index is 0.162. The third-order valence-electron chi connectivity index (χ3n) is 2.87. The smallest absolute Gasteiger partial charge is 0.126 e. The highest BCUT2D eigenvalue weighted by atomic mass is 35.5. The number of hydrogen-bond donors (Lipinski definition) is 0. The highest BCUT2D eigenvalue weighted by Gasteiger charge is 2.10. The van der Waals surface area contributed by atoms with Crippen molar-refractivity contribution in [1.29, 1.82) is 0 Å². The second-order valence-corrected chi connectivity index (χ2v) is 5.27. The van der Waals surface area contributed by atoms with Crippen molar-refractivity contribution in [2.45, 2.75) is 18.7 Å². The Balaban J connectivity index is 2.13. The van der Waals surface area contributed by atoms with Gasteiger partial charge >= 0.3 is 0 Å². The summed E-state index contributed by atoms with van der Waals surface area (Å²) in [5.41, 5.74) is 2.67. The number of hydrogen-bond acceptors (Lipinski definition) is 0. The topological polar surface area (TPSA) is 0 Å². The molecule has 94 valence electrons. The van der Waals surface area contributed by atoms with Crippen molar-refractivity contribution in [3.05, 3.63) is 70.0 Å². The minimum atomic E-state index is -0.200. The fourth-order valence-electron chi connectivity index (χ4n) is 1.81. The summed E-state index contributed by atoms with van der Waals surface area (Å²) >= 11 is 12.2. The number of aryl methyl sites for hydroxylation is 1. The van der Waals surface area contributed by atoms with Gasteiger partial charge in [-0.1, -0.05) is 35.9 Å². The first kappa shape index (κ1) is 13.4. The largest absolute Gasteiger partial charge is 0.207 e. The molecule has 1 atom stereocenters. The summed E-state index contributed by atoms with van der Waals surface area (Å²) in [5.74, 6) is -0.200. The van der Waals surface area contributed by atoms with Crippen molar-refractivity contribution in [2.24, 2.45) is 0 Å². The van der Waals surface area contributed by atoms with Crippen molar-refractivity contribution in [2.75, 3.05) is 0 Å². The normalized spacial score (nSPS) is 12.4. The number of alkyl halides is 1. The predicted molar refractivity (Wildman–Crippen MR) is 74.9 cm³/mol. The SMILES string of the molecule is Cc1cc(C(Cl)Cc2ccc(Cl)cc2)ccc1F. The Morgan fingerprint density at radius 3 is 2.39 bits per heavy atom. The van der Waals surface area contributed by atoms with Crippen LogP contribution < -0.4 is 0 Å². The van der Waals surface area contributed by atoms with Crippen LogP contribution in [0.3, 0.4) is 0 Å². The molecule has 3 heteroatoms. The van der Waals surface area contributed by atoms with Gasteiger partial charge in [0.05, 0.1) is 5.38 Å². The van der Waals surface area contributed by atoms with E-state index in [4.69, 9.17) is 23.2 Å². The van der Waals surface area contributed by atoms with Crippen molar-refractivity contribution in [1.82, 2.24) is 0 Å². The fraction of sp³-hybridized carbons (Fsp3) is 0.200. The van der Waals surface area contributed by atoms with Crippen LogP contribution in [0.2, 0.25) is 5.02 Å². The van der Waals surface area contributed by atoms with Crippen LogP contribution in [0.5, 0.6) is 0 Å². The van der Waals surface area contributed by atoms with Gasteiger partial charge in [-0.15, -0.1) is 11.6 Å². The molecule has 18 heavy (non-hydrogen) atoms. The second kappa shape index (κ2) is 5.73. The molecule has 0 N–H and O–H groups in total. The van der Waals surface area contributed by atoms with Crippen LogP contribution in [0.4, 0.5) is 4.39 Å². The van der Waals surface area contributed by atoms with E-state index in [1.54, 1.807) is 19.1 Å². The molecule has 0 aliphatic carbocycles. The van der Waals surface area contributed by atoms with Gasteiger partial charge in [-0.2, -0.15) is 0 Å². The van der Waals surface area contributed by atoms with E-state index >= 15 is 0 Å². The molecule has 0 heterocycles. The Hall–Kier alpha value is -1.05. The Labute approximate surface area is 116 Å². The lowest BCUT2D eigenvalue weighted by atomic mass is 10.0. The van der Waals surface area contributed by atoms with E-state index in [0.717, 1.165) is 11.1 Å². The number of halogens is 3. The first-order chi connectivity index (χ1) is 8.56. The molecule has 0 nitrogen and oxygen atoms in total. The van der Waals surface area contributed by atoms with E-state index in [1.165, 1.54) is 6.07 Å². The Bertz CT molecular complexity index is 535. The van der Waals surface area contributed by atoms with Gasteiger partial charge in [0.1, 0.15) is 5.82 Å². The molecule has 0 bridgehead atoms. The van der Waals surface area contributed by atoms with E-state index < -0.39 is 0 Å². The van der Waals surface area contributed by atoms with Gasteiger partial charge in [0, 0.05) is 5.02 Å². The van der Waals surface area contributed by atoms with E-state index in [-0.39, 0.29) is 11.2 Å². The molecule has 0 fully saturated rings. The summed E-state index contributed by atoms with van der Waals surface area (Å²) in [5, 5.41) is 0.549. The second-order valence-electron chi connectivity index (χ2n) is 4.31. The lowest BCUT2D eigenvalue weighted by molar-refractivity contribution is 0.617. The highest BCUT2D eigenvalue weighted by molar-refractivity contribution is 6.30. The molecule has 2 aromatic carbocycles. The molecule has 0 saturated carbocycles. The summed E-state index contributed by atoms with van der Waals surface area (Å²) < 4.78 is 13.2. The van der Waals surface area contributed by atoms with Gasteiger partial charge in [-0.25, -0.2) is 4.39 Å². The van der Waals surface area contributed by atoms with Crippen LogP contribution in [0.1, 0.15) is 22.1 Å². The summed E-state index contributed by atoms with van der Waals surface area (Å²) in [6, 6.07) is 12.6. The minimum Gasteiger partial charge on any atom is -0.207 e. The van der Waals surface area contributed by atoms with Crippen molar-refractivity contribution >= 4 is 23.2 Å². The molecule has 2 aromatic rings. The first-order valence-electron chi connectivity index (χ1n) is 5.71. The predicted octanol–water partition coefficient (Wildman–Crippen LogP) is 5.31. The maximum atomic E-state index is 13.2. The average molecular weight is 283 g/mol. The molecule has 0 amide bonds. The highest BCUT2D eigenvalue weighted by Crippen LogP contribution is 2.26. The first-order valence-corrected chi connectivity index (χ1v) is 6.52. The van der Waals surface area contributed by atoms with Crippen LogP contribution in [-0.4, -0.2) is 0 Å². The molecule has 0 aromatic heterocycles. The van der Waals surface area contributed by atoms with Gasteiger partial charge in [0.25, 0.3) is 0 Å². The van der Waals surface area contributed by atoms with Gasteiger partial charge in [-0.05, 0) is 48.2 Å². The van der Waals surface area contributed by atoms with Crippen LogP contribution in [0.15, 0.2) is 42.5 Å². The monoisotopic (exact) mass is 282 g/mol. The zero-order valence-corrected chi connectivity index (χ0v) is 11.5. The van der Waals surface area contributed by atoms with E-state index in [1.807, 2.05) is 24.3 Å². The van der Waals surface area contributed by atoms with Gasteiger partial charge in [-0.3, -0.25) is 0 Å². The zero-order valence-electron chi connectivity index (χ0n) is 9.96. The standard InChI is InChI=1S/C15H13Cl2F/c1-10-8-12(4-7-15(10)18)14(17)9-11-2-5-13(16)6-3-11/h2-8,14H,9H2,1H3. The Morgan fingerprint density at radius 1 is 1.11 bits per heavy atom. The maximum Gasteiger partial charge on any atom is 0.126 e. The number of benzene rings is 2. The maximum absolute atomic E-state index is 13.2. The van der Waals surface area contributed by atoms with Gasteiger partial charge < -0.3 is 0 Å². The van der Waals surface area contributed by atoms with Crippen LogP contribution in [-0.2, 0) is 6.42 Å².